The van der Waals surface area contributed by atoms with Gasteiger partial charge in [0.25, 0.3) is 5.56 Å². The van der Waals surface area contributed by atoms with E-state index >= 15 is 0 Å². The van der Waals surface area contributed by atoms with Crippen molar-refractivity contribution in [3.63, 3.8) is 0 Å². The van der Waals surface area contributed by atoms with Crippen LogP contribution >= 0.6 is 0 Å². The van der Waals surface area contributed by atoms with Crippen LogP contribution in [-0.4, -0.2) is 29.8 Å². The molecule has 1 N–H and O–H groups in total. The van der Waals surface area contributed by atoms with Gasteiger partial charge in [-0.2, -0.15) is 5.10 Å². The number of aryl methyl sites for hydroxylation is 1. The zero-order valence-corrected chi connectivity index (χ0v) is 15.2. The lowest BCUT2D eigenvalue weighted by Crippen LogP contribution is -2.34. The van der Waals surface area contributed by atoms with Crippen LogP contribution in [0.2, 0.25) is 0 Å². The molecule has 0 unspecified atom stereocenters. The fourth-order valence-electron chi connectivity index (χ4n) is 2.75. The highest BCUT2D eigenvalue weighted by atomic mass is 16.2. The van der Waals surface area contributed by atoms with Crippen LogP contribution in [-0.2, 0) is 17.9 Å². The van der Waals surface area contributed by atoms with Gasteiger partial charge in [0.1, 0.15) is 6.54 Å². The average molecular weight is 350 g/mol. The van der Waals surface area contributed by atoms with Crippen molar-refractivity contribution < 1.29 is 4.79 Å². The number of amides is 1. The Morgan fingerprint density at radius 1 is 1.08 bits per heavy atom. The summed E-state index contributed by atoms with van der Waals surface area (Å²) in [6.07, 6.45) is 0. The molecule has 0 aliphatic rings. The van der Waals surface area contributed by atoms with Crippen molar-refractivity contribution in [1.82, 2.24) is 15.1 Å². The topological polar surface area (TPSA) is 67.2 Å². The lowest BCUT2D eigenvalue weighted by atomic mass is 10.1. The molecule has 26 heavy (non-hydrogen) atoms. The number of carbonyl (C=O) groups excluding carboxylic acids is 1. The van der Waals surface area contributed by atoms with E-state index in [4.69, 9.17) is 0 Å². The van der Waals surface area contributed by atoms with Crippen LogP contribution < -0.4 is 15.8 Å². The van der Waals surface area contributed by atoms with Gasteiger partial charge in [0.05, 0.1) is 5.39 Å². The molecule has 3 rings (SSSR count). The van der Waals surface area contributed by atoms with Crippen LogP contribution in [0.4, 0.5) is 5.82 Å². The molecule has 0 saturated carbocycles. The van der Waals surface area contributed by atoms with Gasteiger partial charge in [-0.05, 0) is 18.6 Å². The molecule has 1 amide bonds. The summed E-state index contributed by atoms with van der Waals surface area (Å²) in [5.41, 5.74) is 1.91. The Kier molecular flexibility index (Phi) is 5.02. The Morgan fingerprint density at radius 2 is 1.73 bits per heavy atom. The Bertz CT molecular complexity index is 991. The van der Waals surface area contributed by atoms with Gasteiger partial charge in [-0.3, -0.25) is 9.59 Å². The van der Waals surface area contributed by atoms with E-state index in [0.29, 0.717) is 17.7 Å². The highest BCUT2D eigenvalue weighted by Gasteiger charge is 2.13. The van der Waals surface area contributed by atoms with Gasteiger partial charge in [0.2, 0.25) is 5.91 Å². The molecule has 0 saturated heterocycles. The van der Waals surface area contributed by atoms with Crippen LogP contribution in [0, 0.1) is 6.92 Å². The van der Waals surface area contributed by atoms with Crippen LogP contribution in [0.25, 0.3) is 10.8 Å². The third kappa shape index (κ3) is 3.74. The predicted molar refractivity (Wildman–Crippen MR) is 103 cm³/mol. The smallest absolute Gasteiger partial charge is 0.275 e. The Hall–Kier alpha value is -3.15. The number of aromatic nitrogens is 2. The van der Waals surface area contributed by atoms with Gasteiger partial charge in [0, 0.05) is 26.0 Å². The Labute approximate surface area is 152 Å². The zero-order valence-electron chi connectivity index (χ0n) is 15.2. The van der Waals surface area contributed by atoms with Gasteiger partial charge >= 0.3 is 0 Å². The van der Waals surface area contributed by atoms with E-state index in [1.807, 2.05) is 68.4 Å². The van der Waals surface area contributed by atoms with Gasteiger partial charge in [0.15, 0.2) is 5.82 Å². The maximum atomic E-state index is 12.7. The molecule has 0 fully saturated rings. The number of hydrogen-bond acceptors (Lipinski definition) is 4. The van der Waals surface area contributed by atoms with Gasteiger partial charge in [-0.25, -0.2) is 4.68 Å². The second kappa shape index (κ2) is 7.39. The van der Waals surface area contributed by atoms with E-state index in [1.165, 1.54) is 10.2 Å². The number of fused-ring (bicyclic) bond motifs is 1. The average Bonchev–Trinajstić information content (AvgIpc) is 2.63. The first-order valence-corrected chi connectivity index (χ1v) is 8.45. The summed E-state index contributed by atoms with van der Waals surface area (Å²) >= 11 is 0. The molecule has 0 bridgehead atoms. The predicted octanol–water partition coefficient (Wildman–Crippen LogP) is 2.09. The number of rotatable bonds is 5. The highest BCUT2D eigenvalue weighted by Crippen LogP contribution is 2.19. The number of nitrogens with zero attached hydrogens (tertiary/aromatic N) is 3. The van der Waals surface area contributed by atoms with Crippen LogP contribution in [0.1, 0.15) is 11.1 Å². The largest absolute Gasteiger partial charge is 0.361 e. The fourth-order valence-corrected chi connectivity index (χ4v) is 2.75. The van der Waals surface area contributed by atoms with Crippen molar-refractivity contribution in [2.24, 2.45) is 0 Å². The molecule has 6 heteroatoms. The summed E-state index contributed by atoms with van der Waals surface area (Å²) in [7, 11) is 3.72. The van der Waals surface area contributed by atoms with Gasteiger partial charge < -0.3 is 10.2 Å². The number of anilines is 1. The fraction of sp³-hybridized carbons (Fsp3) is 0.250. The number of benzene rings is 2. The minimum absolute atomic E-state index is 0.115. The maximum absolute atomic E-state index is 12.7. The number of nitrogens with one attached hydrogen (secondary N) is 1. The second-order valence-corrected chi connectivity index (χ2v) is 6.49. The summed E-state index contributed by atoms with van der Waals surface area (Å²) < 4.78 is 1.22. The monoisotopic (exact) mass is 350 g/mol. The van der Waals surface area contributed by atoms with E-state index < -0.39 is 0 Å². The van der Waals surface area contributed by atoms with Crippen LogP contribution in [0.3, 0.4) is 0 Å². The summed E-state index contributed by atoms with van der Waals surface area (Å²) in [4.78, 5) is 26.8. The molecule has 0 aliphatic carbocycles. The van der Waals surface area contributed by atoms with E-state index in [2.05, 4.69) is 10.4 Å². The second-order valence-electron chi connectivity index (χ2n) is 6.49. The Balaban J connectivity index is 1.81. The van der Waals surface area contributed by atoms with Crippen LogP contribution in [0.5, 0.6) is 0 Å². The first kappa shape index (κ1) is 17.7. The molecule has 6 nitrogen and oxygen atoms in total. The molecular formula is C20H22N4O2. The SMILES string of the molecule is Cc1ccc(CNC(=O)Cn2nc(N(C)C)c3ccccc3c2=O)cc1. The van der Waals surface area contributed by atoms with Crippen molar-refractivity contribution in [3.8, 4) is 0 Å². The molecular weight excluding hydrogens is 328 g/mol. The number of hydrogen-bond donors (Lipinski definition) is 1. The minimum Gasteiger partial charge on any atom is -0.361 e. The van der Waals surface area contributed by atoms with Crippen molar-refractivity contribution >= 4 is 22.5 Å². The third-order valence-corrected chi connectivity index (χ3v) is 4.18. The van der Waals surface area contributed by atoms with Crippen molar-refractivity contribution in [3.05, 3.63) is 70.0 Å². The van der Waals surface area contributed by atoms with Gasteiger partial charge in [-0.1, -0.05) is 48.0 Å². The first-order chi connectivity index (χ1) is 12.5. The summed E-state index contributed by atoms with van der Waals surface area (Å²) in [6, 6.07) is 15.2. The summed E-state index contributed by atoms with van der Waals surface area (Å²) in [5.74, 6) is 0.409. The van der Waals surface area contributed by atoms with Crippen molar-refractivity contribution in [2.45, 2.75) is 20.0 Å². The minimum atomic E-state index is -0.267. The molecule has 1 aromatic heterocycles. The molecule has 0 radical (unpaired) electrons. The third-order valence-electron chi connectivity index (χ3n) is 4.18. The van der Waals surface area contributed by atoms with E-state index in [9.17, 15) is 9.59 Å². The van der Waals surface area contributed by atoms with E-state index in [1.54, 1.807) is 6.07 Å². The molecule has 0 spiro atoms. The highest BCUT2D eigenvalue weighted by molar-refractivity contribution is 5.91. The summed E-state index contributed by atoms with van der Waals surface area (Å²) in [5, 5.41) is 8.54. The lowest BCUT2D eigenvalue weighted by Gasteiger charge is -2.16. The lowest BCUT2D eigenvalue weighted by molar-refractivity contribution is -0.122. The molecule has 2 aromatic carbocycles. The van der Waals surface area contributed by atoms with Crippen molar-refractivity contribution in [2.75, 3.05) is 19.0 Å². The Morgan fingerprint density at radius 3 is 2.38 bits per heavy atom. The molecule has 134 valence electrons. The first-order valence-electron chi connectivity index (χ1n) is 8.45. The molecule has 1 heterocycles. The van der Waals surface area contributed by atoms with E-state index in [-0.39, 0.29) is 18.0 Å². The summed E-state index contributed by atoms with van der Waals surface area (Å²) in [6.45, 7) is 2.32. The molecule has 3 aromatic rings. The quantitative estimate of drug-likeness (QED) is 0.765. The van der Waals surface area contributed by atoms with E-state index in [0.717, 1.165) is 10.9 Å². The van der Waals surface area contributed by atoms with Gasteiger partial charge in [-0.15, -0.1) is 0 Å². The van der Waals surface area contributed by atoms with Crippen LogP contribution in [0.15, 0.2) is 53.3 Å². The molecule has 0 atom stereocenters. The standard InChI is InChI=1S/C20H22N4O2/c1-14-8-10-15(11-9-14)12-21-18(25)13-24-20(26)17-7-5-4-6-16(17)19(22-24)23(2)3/h4-11H,12-13H2,1-3H3,(H,21,25). The molecule has 0 aliphatic heterocycles. The zero-order chi connectivity index (χ0) is 18.7. The maximum Gasteiger partial charge on any atom is 0.275 e. The normalized spacial score (nSPS) is 10.7. The van der Waals surface area contributed by atoms with Crippen molar-refractivity contribution in [1.29, 1.82) is 0 Å². The number of carbonyl (C=O) groups is 1.